The van der Waals surface area contributed by atoms with Gasteiger partial charge in [-0.25, -0.2) is 0 Å². The first-order valence-electron chi connectivity index (χ1n) is 4.10. The predicted molar refractivity (Wildman–Crippen MR) is 38.5 cm³/mol. The molecule has 0 unspecified atom stereocenters. The molecule has 132 valence electrons. The monoisotopic (exact) mass is 366 g/mol. The second kappa shape index (κ2) is 6.68. The SMILES string of the molecule is FC(F)=C(F)F.O=C(C(F)(F)C(F)(F)F)C(F)(F)C(F)(F)F. The lowest BCUT2D eigenvalue weighted by atomic mass is 10.1. The summed E-state index contributed by atoms with van der Waals surface area (Å²) >= 11 is 0. The maximum atomic E-state index is 11.9. The Labute approximate surface area is 110 Å². The fourth-order valence-electron chi connectivity index (χ4n) is 0.455. The summed E-state index contributed by atoms with van der Waals surface area (Å²) in [5.74, 6) is -18.1. The Balaban J connectivity index is 0. The van der Waals surface area contributed by atoms with Gasteiger partial charge >= 0.3 is 36.4 Å². The number of hydrogen-bond donors (Lipinski definition) is 0. The van der Waals surface area contributed by atoms with Crippen LogP contribution in [0.4, 0.5) is 61.5 Å². The van der Waals surface area contributed by atoms with Gasteiger partial charge in [-0.2, -0.15) is 61.5 Å². The summed E-state index contributed by atoms with van der Waals surface area (Å²) in [6, 6.07) is 0. The highest BCUT2D eigenvalue weighted by molar-refractivity contribution is 5.93. The maximum absolute atomic E-state index is 11.9. The Morgan fingerprint density at radius 3 is 0.773 bits per heavy atom. The number of alkyl halides is 10. The summed E-state index contributed by atoms with van der Waals surface area (Å²) in [5, 5.41) is 0. The highest BCUT2D eigenvalue weighted by Crippen LogP contribution is 2.45. The van der Waals surface area contributed by atoms with E-state index in [0.29, 0.717) is 0 Å². The number of carbonyl (C=O) groups is 1. The fraction of sp³-hybridized carbons (Fsp3) is 0.571. The van der Waals surface area contributed by atoms with E-state index < -0.39 is 42.1 Å². The number of rotatable bonds is 2. The van der Waals surface area contributed by atoms with Gasteiger partial charge in [-0.3, -0.25) is 4.79 Å². The Bertz CT molecular complexity index is 379. The summed E-state index contributed by atoms with van der Waals surface area (Å²) in [6.45, 7) is 0. The molecule has 22 heavy (non-hydrogen) atoms. The molecule has 1 nitrogen and oxygen atoms in total. The van der Waals surface area contributed by atoms with Gasteiger partial charge in [-0.1, -0.05) is 0 Å². The van der Waals surface area contributed by atoms with E-state index in [-0.39, 0.29) is 0 Å². The summed E-state index contributed by atoms with van der Waals surface area (Å²) in [5.41, 5.74) is 0. The Morgan fingerprint density at radius 2 is 0.682 bits per heavy atom. The van der Waals surface area contributed by atoms with E-state index in [0.717, 1.165) is 0 Å². The quantitative estimate of drug-likeness (QED) is 0.633. The van der Waals surface area contributed by atoms with E-state index >= 15 is 0 Å². The van der Waals surface area contributed by atoms with E-state index in [1.165, 1.54) is 0 Å². The molecule has 0 bridgehead atoms. The summed E-state index contributed by atoms with van der Waals surface area (Å²) in [7, 11) is 0. The van der Waals surface area contributed by atoms with Crippen LogP contribution in [0.15, 0.2) is 12.2 Å². The molecule has 0 radical (unpaired) electrons. The molecule has 0 spiro atoms. The molecule has 0 saturated heterocycles. The van der Waals surface area contributed by atoms with E-state index in [1.807, 2.05) is 0 Å². The van der Waals surface area contributed by atoms with Crippen LogP contribution in [0.3, 0.4) is 0 Å². The molecule has 0 atom stereocenters. The van der Waals surface area contributed by atoms with Crippen LogP contribution in [0.1, 0.15) is 0 Å². The normalized spacial score (nSPS) is 13.2. The van der Waals surface area contributed by atoms with Gasteiger partial charge in [0.2, 0.25) is 0 Å². The van der Waals surface area contributed by atoms with Crippen molar-refractivity contribution in [3.8, 4) is 0 Å². The minimum atomic E-state index is -6.82. The largest absolute Gasteiger partial charge is 0.461 e. The van der Waals surface area contributed by atoms with Gasteiger partial charge in [0, 0.05) is 0 Å². The number of carbonyl (C=O) groups excluding carboxylic acids is 1. The number of halogens is 14. The van der Waals surface area contributed by atoms with Gasteiger partial charge in [0.25, 0.3) is 5.78 Å². The van der Waals surface area contributed by atoms with Gasteiger partial charge in [-0.05, 0) is 0 Å². The van der Waals surface area contributed by atoms with Gasteiger partial charge < -0.3 is 0 Å². The third-order valence-electron chi connectivity index (χ3n) is 1.43. The Morgan fingerprint density at radius 1 is 0.500 bits per heavy atom. The molecule has 0 aromatic carbocycles. The summed E-state index contributed by atoms with van der Waals surface area (Å²) in [6.07, 6.45) is -19.5. The first-order chi connectivity index (χ1) is 9.30. The molecule has 15 heteroatoms. The minimum Gasteiger partial charge on any atom is -0.285 e. The van der Waals surface area contributed by atoms with Crippen molar-refractivity contribution in [2.45, 2.75) is 24.2 Å². The molecule has 0 aromatic rings. The molecule has 0 aliphatic heterocycles. The molecule has 0 aliphatic carbocycles. The number of Topliss-reactive ketones (excluding diaryl/α,β-unsaturated/α-hetero) is 1. The first-order valence-corrected chi connectivity index (χ1v) is 4.10. The molecule has 0 saturated carbocycles. The van der Waals surface area contributed by atoms with Crippen LogP contribution in [0.2, 0.25) is 0 Å². The van der Waals surface area contributed by atoms with Gasteiger partial charge in [0.1, 0.15) is 0 Å². The van der Waals surface area contributed by atoms with Crippen LogP contribution in [0.25, 0.3) is 0 Å². The van der Waals surface area contributed by atoms with E-state index in [9.17, 15) is 66.3 Å². The zero-order chi connectivity index (χ0) is 18.7. The van der Waals surface area contributed by atoms with E-state index in [4.69, 9.17) is 0 Å². The second-order valence-corrected chi connectivity index (χ2v) is 2.99. The Kier molecular flexibility index (Phi) is 6.90. The van der Waals surface area contributed by atoms with Crippen molar-refractivity contribution in [1.82, 2.24) is 0 Å². The lowest BCUT2D eigenvalue weighted by Crippen LogP contribution is -2.57. The molecule has 0 rings (SSSR count). The van der Waals surface area contributed by atoms with Gasteiger partial charge in [0.05, 0.1) is 0 Å². The fourth-order valence-corrected chi connectivity index (χ4v) is 0.455. The van der Waals surface area contributed by atoms with Crippen molar-refractivity contribution in [2.75, 3.05) is 0 Å². The smallest absolute Gasteiger partial charge is 0.285 e. The highest BCUT2D eigenvalue weighted by atomic mass is 19.4. The predicted octanol–water partition coefficient (Wildman–Crippen LogP) is 4.94. The van der Waals surface area contributed by atoms with Crippen LogP contribution in [-0.2, 0) is 4.79 Å². The van der Waals surface area contributed by atoms with Crippen molar-refractivity contribution in [3.63, 3.8) is 0 Å². The zero-order valence-corrected chi connectivity index (χ0v) is 9.20. The molecule has 0 aliphatic rings. The number of ketones is 1. The van der Waals surface area contributed by atoms with Crippen LogP contribution in [0.5, 0.6) is 0 Å². The van der Waals surface area contributed by atoms with E-state index in [1.54, 1.807) is 0 Å². The minimum absolute atomic E-state index is 2.91. The lowest BCUT2D eigenvalue weighted by Gasteiger charge is -2.24. The molecule has 0 N–H and O–H groups in total. The molecular formula is C7F14O. The summed E-state index contributed by atoms with van der Waals surface area (Å²) in [4.78, 5) is 9.84. The van der Waals surface area contributed by atoms with Crippen LogP contribution in [0, 0.1) is 0 Å². The van der Waals surface area contributed by atoms with Crippen LogP contribution >= 0.6 is 0 Å². The average Bonchev–Trinajstić information content (AvgIpc) is 2.25. The maximum Gasteiger partial charge on any atom is 0.461 e. The van der Waals surface area contributed by atoms with Crippen molar-refractivity contribution in [2.24, 2.45) is 0 Å². The van der Waals surface area contributed by atoms with Crippen molar-refractivity contribution in [1.29, 1.82) is 0 Å². The molecule has 0 heterocycles. The molecule has 0 fully saturated rings. The summed E-state index contributed by atoms with van der Waals surface area (Å²) < 4.78 is 157. The van der Waals surface area contributed by atoms with Crippen molar-refractivity contribution in [3.05, 3.63) is 12.2 Å². The van der Waals surface area contributed by atoms with Crippen molar-refractivity contribution >= 4 is 5.78 Å². The van der Waals surface area contributed by atoms with Crippen molar-refractivity contribution < 1.29 is 66.3 Å². The zero-order valence-electron chi connectivity index (χ0n) is 9.20. The number of hydrogen-bond acceptors (Lipinski definition) is 1. The van der Waals surface area contributed by atoms with E-state index in [2.05, 4.69) is 0 Å². The molecule has 0 amide bonds. The third-order valence-corrected chi connectivity index (χ3v) is 1.43. The van der Waals surface area contributed by atoms with Gasteiger partial charge in [-0.15, -0.1) is 0 Å². The second-order valence-electron chi connectivity index (χ2n) is 2.99. The Hall–Kier alpha value is -1.57. The lowest BCUT2D eigenvalue weighted by molar-refractivity contribution is -0.307. The third kappa shape index (κ3) is 5.32. The van der Waals surface area contributed by atoms with Crippen LogP contribution < -0.4 is 0 Å². The standard InChI is InChI=1S/C5F10O.C2F4/c6-2(7,4(10,11)12)1(16)3(8,9)5(13,14)15;3-1(4)2(5)6. The molecular weight excluding hydrogens is 366 g/mol. The topological polar surface area (TPSA) is 17.1 Å². The average molecular weight is 366 g/mol. The van der Waals surface area contributed by atoms with Gasteiger partial charge in [0.15, 0.2) is 0 Å². The van der Waals surface area contributed by atoms with Crippen LogP contribution in [-0.4, -0.2) is 30.0 Å². The highest BCUT2D eigenvalue weighted by Gasteiger charge is 2.76. The first kappa shape index (κ1) is 22.7. The molecule has 0 aromatic heterocycles.